The maximum Gasteiger partial charge on any atom is 0.349 e. The van der Waals surface area contributed by atoms with Gasteiger partial charge in [-0.05, 0) is 25.8 Å². The zero-order valence-corrected chi connectivity index (χ0v) is 13.7. The van der Waals surface area contributed by atoms with E-state index < -0.39 is 18.3 Å². The summed E-state index contributed by atoms with van der Waals surface area (Å²) in [5.41, 5.74) is 0.352. The first kappa shape index (κ1) is 16.6. The summed E-state index contributed by atoms with van der Waals surface area (Å²) in [6, 6.07) is 1.77. The minimum atomic E-state index is -0.523. The van der Waals surface area contributed by atoms with Crippen LogP contribution < -0.4 is 5.69 Å². The summed E-state index contributed by atoms with van der Waals surface area (Å²) >= 11 is 0. The molecule has 0 spiro atoms. The summed E-state index contributed by atoms with van der Waals surface area (Å²) < 4.78 is 24.4. The molecule has 2 aliphatic rings. The summed E-state index contributed by atoms with van der Waals surface area (Å²) in [7, 11) is 1.68. The lowest BCUT2D eigenvalue weighted by atomic mass is 9.94. The van der Waals surface area contributed by atoms with Crippen LogP contribution in [0.5, 0.6) is 0 Å². The lowest BCUT2D eigenvalue weighted by Gasteiger charge is -2.36. The number of rotatable bonds is 5. The SMILES string of the molecule is COC1(OC[C@H]2OC[C@@H](n3ccc(C)nc3=O)O2)CCCCC1. The van der Waals surface area contributed by atoms with Crippen molar-refractivity contribution in [3.63, 3.8) is 0 Å². The van der Waals surface area contributed by atoms with Gasteiger partial charge in [-0.25, -0.2) is 4.79 Å². The monoisotopic (exact) mass is 324 g/mol. The Morgan fingerprint density at radius 2 is 2.17 bits per heavy atom. The van der Waals surface area contributed by atoms with Crippen LogP contribution in [0.4, 0.5) is 0 Å². The summed E-state index contributed by atoms with van der Waals surface area (Å²) in [5, 5.41) is 0. The van der Waals surface area contributed by atoms with Crippen molar-refractivity contribution >= 4 is 0 Å². The minimum absolute atomic E-state index is 0.290. The molecule has 7 nitrogen and oxygen atoms in total. The van der Waals surface area contributed by atoms with Crippen LogP contribution in [0.3, 0.4) is 0 Å². The van der Waals surface area contributed by atoms with E-state index in [2.05, 4.69) is 4.98 Å². The molecule has 1 aromatic heterocycles. The van der Waals surface area contributed by atoms with Crippen molar-refractivity contribution < 1.29 is 18.9 Å². The molecule has 2 fully saturated rings. The normalized spacial score (nSPS) is 27.2. The van der Waals surface area contributed by atoms with E-state index in [0.717, 1.165) is 25.7 Å². The van der Waals surface area contributed by atoms with Crippen molar-refractivity contribution in [2.75, 3.05) is 20.3 Å². The van der Waals surface area contributed by atoms with Crippen molar-refractivity contribution in [3.8, 4) is 0 Å². The maximum atomic E-state index is 11.9. The van der Waals surface area contributed by atoms with Crippen molar-refractivity contribution in [1.29, 1.82) is 0 Å². The van der Waals surface area contributed by atoms with Gasteiger partial charge in [-0.1, -0.05) is 6.42 Å². The van der Waals surface area contributed by atoms with Crippen molar-refractivity contribution in [2.24, 2.45) is 0 Å². The number of aryl methyl sites for hydroxylation is 1. The molecule has 1 aliphatic heterocycles. The highest BCUT2D eigenvalue weighted by Crippen LogP contribution is 2.33. The van der Waals surface area contributed by atoms with Gasteiger partial charge in [0.1, 0.15) is 6.61 Å². The van der Waals surface area contributed by atoms with Crippen molar-refractivity contribution in [1.82, 2.24) is 9.55 Å². The van der Waals surface area contributed by atoms with Gasteiger partial charge in [0.25, 0.3) is 0 Å². The third-order valence-corrected chi connectivity index (χ3v) is 4.48. The summed E-state index contributed by atoms with van der Waals surface area (Å²) in [5.74, 6) is -0.523. The molecule has 0 radical (unpaired) electrons. The number of aromatic nitrogens is 2. The Morgan fingerprint density at radius 3 is 2.87 bits per heavy atom. The van der Waals surface area contributed by atoms with Gasteiger partial charge in [0, 0.05) is 31.8 Å². The zero-order chi connectivity index (χ0) is 16.3. The van der Waals surface area contributed by atoms with E-state index in [4.69, 9.17) is 18.9 Å². The highest BCUT2D eigenvalue weighted by Gasteiger charge is 2.36. The quantitative estimate of drug-likeness (QED) is 0.768. The average molecular weight is 324 g/mol. The Labute approximate surface area is 135 Å². The fraction of sp³-hybridized carbons (Fsp3) is 0.750. The third-order valence-electron chi connectivity index (χ3n) is 4.48. The molecule has 0 bridgehead atoms. The van der Waals surface area contributed by atoms with Gasteiger partial charge >= 0.3 is 5.69 Å². The molecule has 2 heterocycles. The van der Waals surface area contributed by atoms with Crippen LogP contribution >= 0.6 is 0 Å². The Bertz CT molecular complexity index is 582. The highest BCUT2D eigenvalue weighted by molar-refractivity contribution is 4.96. The molecule has 0 N–H and O–H groups in total. The van der Waals surface area contributed by atoms with Gasteiger partial charge in [0.15, 0.2) is 18.3 Å². The second-order valence-corrected chi connectivity index (χ2v) is 6.10. The molecule has 1 aromatic rings. The zero-order valence-electron chi connectivity index (χ0n) is 13.7. The first-order chi connectivity index (χ1) is 11.1. The predicted octanol–water partition coefficient (Wildman–Crippen LogP) is 1.75. The van der Waals surface area contributed by atoms with E-state index >= 15 is 0 Å². The molecule has 1 saturated carbocycles. The topological polar surface area (TPSA) is 71.8 Å². The Balaban J connectivity index is 1.56. The first-order valence-electron chi connectivity index (χ1n) is 8.14. The van der Waals surface area contributed by atoms with Gasteiger partial charge in [0.2, 0.25) is 0 Å². The standard InChI is InChI=1S/C16H24N2O5/c1-12-6-9-18(15(19)17-12)13-10-21-14(23-13)11-22-16(20-2)7-4-3-5-8-16/h6,9,13-14H,3-5,7-8,10-11H2,1-2H3/t13-,14-/m0/s1. The maximum absolute atomic E-state index is 11.9. The summed E-state index contributed by atoms with van der Waals surface area (Å²) in [6.45, 7) is 2.37. The Kier molecular flexibility index (Phi) is 5.11. The molecular formula is C16H24N2O5. The number of ether oxygens (including phenoxy) is 4. The first-order valence-corrected chi connectivity index (χ1v) is 8.14. The summed E-state index contributed by atoms with van der Waals surface area (Å²) in [4.78, 5) is 15.8. The van der Waals surface area contributed by atoms with E-state index in [0.29, 0.717) is 18.9 Å². The van der Waals surface area contributed by atoms with Gasteiger partial charge < -0.3 is 18.9 Å². The average Bonchev–Trinajstić information content (AvgIpc) is 3.02. The molecule has 128 valence electrons. The van der Waals surface area contributed by atoms with Gasteiger partial charge in [-0.3, -0.25) is 4.57 Å². The Hall–Kier alpha value is -1.28. The molecule has 1 aliphatic carbocycles. The summed E-state index contributed by atoms with van der Waals surface area (Å²) in [6.07, 6.45) is 5.93. The van der Waals surface area contributed by atoms with Crippen LogP contribution in [0, 0.1) is 6.92 Å². The van der Waals surface area contributed by atoms with Crippen LogP contribution in [0.15, 0.2) is 17.1 Å². The smallest absolute Gasteiger partial charge is 0.349 e. The van der Waals surface area contributed by atoms with E-state index in [1.807, 2.05) is 0 Å². The van der Waals surface area contributed by atoms with E-state index in [1.54, 1.807) is 26.3 Å². The molecule has 0 unspecified atom stereocenters. The minimum Gasteiger partial charge on any atom is -0.353 e. The lowest BCUT2D eigenvalue weighted by molar-refractivity contribution is -0.264. The predicted molar refractivity (Wildman–Crippen MR) is 81.9 cm³/mol. The van der Waals surface area contributed by atoms with Gasteiger partial charge in [-0.2, -0.15) is 4.98 Å². The van der Waals surface area contributed by atoms with Crippen LogP contribution in [-0.4, -0.2) is 42.0 Å². The van der Waals surface area contributed by atoms with Gasteiger partial charge in [0.05, 0.1) is 6.61 Å². The van der Waals surface area contributed by atoms with Crippen LogP contribution in [0.2, 0.25) is 0 Å². The molecule has 3 rings (SSSR count). The number of nitrogens with zero attached hydrogens (tertiary/aromatic N) is 2. The van der Waals surface area contributed by atoms with Crippen molar-refractivity contribution in [3.05, 3.63) is 28.4 Å². The van der Waals surface area contributed by atoms with E-state index in [-0.39, 0.29) is 5.69 Å². The fourth-order valence-corrected chi connectivity index (χ4v) is 3.11. The molecule has 0 amide bonds. The molecular weight excluding hydrogens is 300 g/mol. The molecule has 23 heavy (non-hydrogen) atoms. The van der Waals surface area contributed by atoms with Crippen LogP contribution in [0.25, 0.3) is 0 Å². The van der Waals surface area contributed by atoms with Crippen LogP contribution in [0.1, 0.15) is 44.0 Å². The molecule has 1 saturated heterocycles. The second-order valence-electron chi connectivity index (χ2n) is 6.10. The van der Waals surface area contributed by atoms with Crippen molar-refractivity contribution in [2.45, 2.75) is 57.3 Å². The highest BCUT2D eigenvalue weighted by atomic mass is 16.8. The van der Waals surface area contributed by atoms with Gasteiger partial charge in [-0.15, -0.1) is 0 Å². The van der Waals surface area contributed by atoms with E-state index in [9.17, 15) is 4.79 Å². The Morgan fingerprint density at radius 1 is 1.39 bits per heavy atom. The number of hydrogen-bond acceptors (Lipinski definition) is 6. The molecule has 7 heteroatoms. The van der Waals surface area contributed by atoms with Crippen LogP contribution in [-0.2, 0) is 18.9 Å². The second kappa shape index (κ2) is 7.09. The number of hydrogen-bond donors (Lipinski definition) is 0. The fourth-order valence-electron chi connectivity index (χ4n) is 3.11. The third kappa shape index (κ3) is 3.80. The lowest BCUT2D eigenvalue weighted by Crippen LogP contribution is -2.39. The largest absolute Gasteiger partial charge is 0.353 e. The molecule has 0 aromatic carbocycles. The molecule has 2 atom stereocenters. The van der Waals surface area contributed by atoms with E-state index in [1.165, 1.54) is 11.0 Å². The number of methoxy groups -OCH3 is 1.